The van der Waals surface area contributed by atoms with Crippen molar-refractivity contribution in [2.45, 2.75) is 39.7 Å². The van der Waals surface area contributed by atoms with Crippen LogP contribution in [-0.2, 0) is 0 Å². The Labute approximate surface area is 157 Å². The van der Waals surface area contributed by atoms with Crippen molar-refractivity contribution < 1.29 is 9.18 Å². The third-order valence-electron chi connectivity index (χ3n) is 4.62. The van der Waals surface area contributed by atoms with Gasteiger partial charge in [-0.3, -0.25) is 4.79 Å². The van der Waals surface area contributed by atoms with E-state index in [0.29, 0.717) is 16.8 Å². The summed E-state index contributed by atoms with van der Waals surface area (Å²) in [5.74, 6) is -0.449. The summed E-state index contributed by atoms with van der Waals surface area (Å²) in [5, 5.41) is 14.3. The monoisotopic (exact) mass is 367 g/mol. The maximum Gasteiger partial charge on any atom is 0.251 e. The Balaban J connectivity index is 2.09. The van der Waals surface area contributed by atoms with Gasteiger partial charge in [-0.15, -0.1) is 5.10 Å². The number of hydrogen-bond acceptors (Lipinski definition) is 4. The maximum absolute atomic E-state index is 13.7. The summed E-state index contributed by atoms with van der Waals surface area (Å²) in [6, 6.07) is 10.3. The fourth-order valence-corrected chi connectivity index (χ4v) is 2.61. The van der Waals surface area contributed by atoms with Gasteiger partial charge in [0.1, 0.15) is 12.1 Å². The second-order valence-electron chi connectivity index (χ2n) is 7.18. The third kappa shape index (κ3) is 4.19. The minimum atomic E-state index is -0.325. The Morgan fingerprint density at radius 1 is 1.19 bits per heavy atom. The number of hydrogen-bond donors (Lipinski definition) is 1. The highest BCUT2D eigenvalue weighted by atomic mass is 19.1. The molecule has 0 aliphatic heterocycles. The molecule has 1 amide bonds. The summed E-state index contributed by atoms with van der Waals surface area (Å²) < 4.78 is 15.1. The summed E-state index contributed by atoms with van der Waals surface area (Å²) >= 11 is 0. The Morgan fingerprint density at radius 3 is 2.59 bits per heavy atom. The molecule has 7 heteroatoms. The maximum atomic E-state index is 13.7. The molecule has 0 saturated carbocycles. The van der Waals surface area contributed by atoms with Gasteiger partial charge in [-0.2, -0.15) is 0 Å². The Morgan fingerprint density at radius 2 is 1.96 bits per heavy atom. The molecule has 1 N–H and O–H groups in total. The quantitative estimate of drug-likeness (QED) is 0.746. The van der Waals surface area contributed by atoms with E-state index in [-0.39, 0.29) is 17.3 Å². The number of carbonyl (C=O) groups excluding carboxylic acids is 1. The lowest BCUT2D eigenvalue weighted by Gasteiger charge is -2.24. The molecular formula is C20H22FN5O. The van der Waals surface area contributed by atoms with Crippen LogP contribution in [0.3, 0.4) is 0 Å². The first kappa shape index (κ1) is 18.7. The zero-order valence-electron chi connectivity index (χ0n) is 15.8. The number of amides is 1. The van der Waals surface area contributed by atoms with Crippen LogP contribution in [0.25, 0.3) is 16.8 Å². The second-order valence-corrected chi connectivity index (χ2v) is 7.18. The normalized spacial score (nSPS) is 11.4. The van der Waals surface area contributed by atoms with Gasteiger partial charge in [0, 0.05) is 11.1 Å². The van der Waals surface area contributed by atoms with E-state index in [0.717, 1.165) is 17.5 Å². The molecule has 0 spiro atoms. The zero-order chi connectivity index (χ0) is 19.6. The lowest BCUT2D eigenvalue weighted by molar-refractivity contribution is 0.0911. The topological polar surface area (TPSA) is 72.7 Å². The van der Waals surface area contributed by atoms with E-state index in [9.17, 15) is 9.18 Å². The van der Waals surface area contributed by atoms with E-state index in [1.165, 1.54) is 17.1 Å². The van der Waals surface area contributed by atoms with Gasteiger partial charge < -0.3 is 5.32 Å². The number of halogens is 1. The van der Waals surface area contributed by atoms with Crippen LogP contribution in [0.2, 0.25) is 0 Å². The summed E-state index contributed by atoms with van der Waals surface area (Å²) in [5.41, 5.74) is 2.95. The van der Waals surface area contributed by atoms with Crippen LogP contribution in [0.5, 0.6) is 0 Å². The minimum absolute atomic E-state index is 0.183. The van der Waals surface area contributed by atoms with Crippen LogP contribution in [-0.4, -0.2) is 31.7 Å². The van der Waals surface area contributed by atoms with Gasteiger partial charge in [0.2, 0.25) is 0 Å². The van der Waals surface area contributed by atoms with Gasteiger partial charge in [-0.1, -0.05) is 13.0 Å². The molecule has 0 unspecified atom stereocenters. The number of carbonyl (C=O) groups is 1. The molecule has 0 atom stereocenters. The lowest BCUT2D eigenvalue weighted by atomic mass is 9.98. The Bertz CT molecular complexity index is 967. The minimum Gasteiger partial charge on any atom is -0.347 e. The number of benzene rings is 2. The van der Waals surface area contributed by atoms with Gasteiger partial charge in [-0.25, -0.2) is 9.07 Å². The predicted octanol–water partition coefficient (Wildman–Crippen LogP) is 3.70. The first-order chi connectivity index (χ1) is 12.8. The van der Waals surface area contributed by atoms with Crippen molar-refractivity contribution >= 4 is 5.91 Å². The highest BCUT2D eigenvalue weighted by molar-refractivity contribution is 5.96. The molecule has 140 valence electrons. The summed E-state index contributed by atoms with van der Waals surface area (Å²) in [7, 11) is 0. The van der Waals surface area contributed by atoms with Crippen molar-refractivity contribution in [2.24, 2.45) is 0 Å². The van der Waals surface area contributed by atoms with E-state index in [4.69, 9.17) is 0 Å². The van der Waals surface area contributed by atoms with Gasteiger partial charge in [0.25, 0.3) is 5.91 Å². The molecule has 0 radical (unpaired) electrons. The molecule has 3 aromatic rings. The molecule has 27 heavy (non-hydrogen) atoms. The average Bonchev–Trinajstić information content (AvgIpc) is 3.18. The highest BCUT2D eigenvalue weighted by Gasteiger charge is 2.20. The number of rotatable bonds is 5. The smallest absolute Gasteiger partial charge is 0.251 e. The fraction of sp³-hybridized carbons (Fsp3) is 0.300. The first-order valence-electron chi connectivity index (χ1n) is 8.76. The van der Waals surface area contributed by atoms with E-state index < -0.39 is 0 Å². The van der Waals surface area contributed by atoms with Crippen molar-refractivity contribution in [3.05, 3.63) is 59.7 Å². The SMILES string of the molecule is CCC(C)(C)NC(=O)c1cc(-c2ccc(F)c(C)c2)cc(-n2cnnn2)c1. The molecule has 1 aromatic heterocycles. The number of nitrogens with one attached hydrogen (secondary N) is 1. The van der Waals surface area contributed by atoms with E-state index in [2.05, 4.69) is 20.8 Å². The molecular weight excluding hydrogens is 345 g/mol. The molecule has 6 nitrogen and oxygen atoms in total. The van der Waals surface area contributed by atoms with Crippen molar-refractivity contribution in [3.63, 3.8) is 0 Å². The molecule has 3 rings (SSSR count). The van der Waals surface area contributed by atoms with E-state index in [1.807, 2.05) is 26.8 Å². The molecule has 0 bridgehead atoms. The van der Waals surface area contributed by atoms with Crippen LogP contribution in [0.15, 0.2) is 42.7 Å². The fourth-order valence-electron chi connectivity index (χ4n) is 2.61. The molecule has 0 aliphatic carbocycles. The Kier molecular flexibility index (Phi) is 5.03. The van der Waals surface area contributed by atoms with Gasteiger partial charge in [0.05, 0.1) is 5.69 Å². The molecule has 2 aromatic carbocycles. The van der Waals surface area contributed by atoms with Crippen molar-refractivity contribution in [2.75, 3.05) is 0 Å². The predicted molar refractivity (Wildman–Crippen MR) is 101 cm³/mol. The summed E-state index contributed by atoms with van der Waals surface area (Å²) in [4.78, 5) is 12.8. The summed E-state index contributed by atoms with van der Waals surface area (Å²) in [6.07, 6.45) is 2.27. The van der Waals surface area contributed by atoms with Gasteiger partial charge in [-0.05, 0) is 84.6 Å². The number of tetrazole rings is 1. The van der Waals surface area contributed by atoms with Crippen molar-refractivity contribution in [3.8, 4) is 16.8 Å². The molecule has 0 saturated heterocycles. The van der Waals surface area contributed by atoms with Crippen molar-refractivity contribution in [1.29, 1.82) is 0 Å². The highest BCUT2D eigenvalue weighted by Crippen LogP contribution is 2.26. The van der Waals surface area contributed by atoms with Crippen LogP contribution in [0, 0.1) is 12.7 Å². The van der Waals surface area contributed by atoms with Crippen LogP contribution in [0.4, 0.5) is 4.39 Å². The lowest BCUT2D eigenvalue weighted by Crippen LogP contribution is -2.42. The molecule has 0 fully saturated rings. The van der Waals surface area contributed by atoms with Crippen LogP contribution < -0.4 is 5.32 Å². The number of nitrogens with zero attached hydrogens (tertiary/aromatic N) is 4. The molecule has 0 aliphatic rings. The third-order valence-corrected chi connectivity index (χ3v) is 4.62. The van der Waals surface area contributed by atoms with Crippen LogP contribution >= 0.6 is 0 Å². The summed E-state index contributed by atoms with van der Waals surface area (Å²) in [6.45, 7) is 7.67. The van der Waals surface area contributed by atoms with Gasteiger partial charge in [0.15, 0.2) is 0 Å². The second kappa shape index (κ2) is 7.26. The zero-order valence-corrected chi connectivity index (χ0v) is 15.8. The number of aryl methyl sites for hydroxylation is 1. The molecule has 1 heterocycles. The number of aromatic nitrogens is 4. The van der Waals surface area contributed by atoms with E-state index >= 15 is 0 Å². The van der Waals surface area contributed by atoms with Crippen molar-refractivity contribution in [1.82, 2.24) is 25.5 Å². The first-order valence-corrected chi connectivity index (χ1v) is 8.76. The largest absolute Gasteiger partial charge is 0.347 e. The van der Waals surface area contributed by atoms with Crippen LogP contribution in [0.1, 0.15) is 43.1 Å². The standard InChI is InChI=1S/C20H22FN5O/c1-5-20(3,4)23-19(27)16-9-15(14-6-7-18(21)13(2)8-14)10-17(11-16)26-12-22-24-25-26/h6-12H,5H2,1-4H3,(H,23,27). The van der Waals surface area contributed by atoms with E-state index in [1.54, 1.807) is 31.2 Å². The average molecular weight is 367 g/mol. The van der Waals surface area contributed by atoms with Gasteiger partial charge >= 0.3 is 0 Å². The Hall–Kier alpha value is -3.09.